The summed E-state index contributed by atoms with van der Waals surface area (Å²) in [6, 6.07) is 24.2. The van der Waals surface area contributed by atoms with Gasteiger partial charge in [0.1, 0.15) is 11.9 Å². The minimum atomic E-state index is -0.314. The first-order valence-electron chi connectivity index (χ1n) is 16.4. The molecule has 3 aromatic rings. The molecule has 1 aliphatic heterocycles. The number of carbonyl (C=O) groups is 2. The third kappa shape index (κ3) is 8.86. The standard InChI is InChI=1S/C37H48N4O4/c1-26-22-41(27(2)25-42)36(43)21-31-20-33(39-37(44)38-32-12-8-5-9-13-32)18-19-34(31)45-35(26)24-40(3)23-28-14-16-30(17-15-28)29-10-6-4-7-11-29/h4,6-7,10-11,14-20,26-27,32,35,42H,5,8-9,12-13,21-25H2,1-3H3,(H2,38,39,44)/t26-,27-,35+/m0/s1. The van der Waals surface area contributed by atoms with E-state index in [1.165, 1.54) is 23.1 Å². The smallest absolute Gasteiger partial charge is 0.319 e. The second kappa shape index (κ2) is 15.4. The first-order chi connectivity index (χ1) is 21.8. The molecule has 0 aromatic heterocycles. The number of nitrogens with one attached hydrogen (secondary N) is 2. The molecule has 3 aromatic carbocycles. The van der Waals surface area contributed by atoms with Crippen molar-refractivity contribution in [2.75, 3.05) is 32.1 Å². The summed E-state index contributed by atoms with van der Waals surface area (Å²) in [6.45, 7) is 5.75. The molecule has 45 heavy (non-hydrogen) atoms. The Bertz CT molecular complexity index is 1410. The number of fused-ring (bicyclic) bond motifs is 1. The normalized spacial score (nSPS) is 19.9. The van der Waals surface area contributed by atoms with Crippen LogP contribution in [0.5, 0.6) is 5.75 Å². The van der Waals surface area contributed by atoms with E-state index in [1.54, 1.807) is 4.90 Å². The maximum absolute atomic E-state index is 13.6. The van der Waals surface area contributed by atoms with Crippen LogP contribution in [0.3, 0.4) is 0 Å². The van der Waals surface area contributed by atoms with E-state index in [0.29, 0.717) is 24.5 Å². The molecule has 8 heteroatoms. The molecular formula is C37H48N4O4. The molecule has 3 amide bonds. The number of hydrogen-bond acceptors (Lipinski definition) is 5. The van der Waals surface area contributed by atoms with Crippen LogP contribution < -0.4 is 15.4 Å². The highest BCUT2D eigenvalue weighted by Gasteiger charge is 2.31. The van der Waals surface area contributed by atoms with Crippen molar-refractivity contribution in [3.05, 3.63) is 83.9 Å². The van der Waals surface area contributed by atoms with Crippen molar-refractivity contribution in [1.82, 2.24) is 15.1 Å². The van der Waals surface area contributed by atoms with E-state index >= 15 is 0 Å². The zero-order valence-corrected chi connectivity index (χ0v) is 26.9. The zero-order valence-electron chi connectivity index (χ0n) is 26.9. The van der Waals surface area contributed by atoms with Gasteiger partial charge in [0, 0.05) is 42.8 Å². The lowest BCUT2D eigenvalue weighted by atomic mass is 9.96. The Kier molecular flexibility index (Phi) is 11.1. The Hall–Kier alpha value is -3.88. The number of anilines is 1. The molecule has 0 bridgehead atoms. The first kappa shape index (κ1) is 32.5. The molecule has 1 heterocycles. The predicted molar refractivity (Wildman–Crippen MR) is 179 cm³/mol. The van der Waals surface area contributed by atoms with Gasteiger partial charge in [0.2, 0.25) is 5.91 Å². The SMILES string of the molecule is C[C@H]1CN([C@@H](C)CO)C(=O)Cc2cc(NC(=O)NC3CCCCC3)ccc2O[C@@H]1CN(C)Cc1ccc(-c2ccccc2)cc1. The average molecular weight is 613 g/mol. The molecular weight excluding hydrogens is 564 g/mol. The van der Waals surface area contributed by atoms with Crippen LogP contribution in [0.15, 0.2) is 72.8 Å². The topological polar surface area (TPSA) is 94.1 Å². The van der Waals surface area contributed by atoms with Crippen LogP contribution in [0, 0.1) is 5.92 Å². The highest BCUT2D eigenvalue weighted by Crippen LogP contribution is 2.30. The predicted octanol–water partition coefficient (Wildman–Crippen LogP) is 6.09. The number of hydrogen-bond donors (Lipinski definition) is 3. The van der Waals surface area contributed by atoms with E-state index in [4.69, 9.17) is 4.74 Å². The molecule has 0 unspecified atom stereocenters. The fourth-order valence-electron chi connectivity index (χ4n) is 6.44. The van der Waals surface area contributed by atoms with E-state index in [0.717, 1.165) is 37.8 Å². The maximum Gasteiger partial charge on any atom is 0.319 e. The van der Waals surface area contributed by atoms with Crippen molar-refractivity contribution in [1.29, 1.82) is 0 Å². The molecule has 0 spiro atoms. The van der Waals surface area contributed by atoms with Crippen LogP contribution in [0.25, 0.3) is 11.1 Å². The summed E-state index contributed by atoms with van der Waals surface area (Å²) in [5, 5.41) is 16.0. The number of likely N-dealkylation sites (N-methyl/N-ethyl adjacent to an activating group) is 1. The Balaban J connectivity index is 1.31. The van der Waals surface area contributed by atoms with Crippen LogP contribution in [0.1, 0.15) is 57.1 Å². The summed E-state index contributed by atoms with van der Waals surface area (Å²) >= 11 is 0. The van der Waals surface area contributed by atoms with Crippen molar-refractivity contribution < 1.29 is 19.4 Å². The van der Waals surface area contributed by atoms with Crippen LogP contribution in [0.4, 0.5) is 10.5 Å². The van der Waals surface area contributed by atoms with E-state index in [9.17, 15) is 14.7 Å². The Labute approximate surface area is 267 Å². The van der Waals surface area contributed by atoms with Gasteiger partial charge in [-0.1, -0.05) is 80.8 Å². The van der Waals surface area contributed by atoms with Crippen molar-refractivity contribution in [2.45, 2.75) is 77.1 Å². The average Bonchev–Trinajstić information content (AvgIpc) is 3.09. The van der Waals surface area contributed by atoms with Crippen LogP contribution in [-0.2, 0) is 17.8 Å². The highest BCUT2D eigenvalue weighted by atomic mass is 16.5. The summed E-state index contributed by atoms with van der Waals surface area (Å²) in [5.41, 5.74) is 4.95. The van der Waals surface area contributed by atoms with Gasteiger partial charge in [-0.25, -0.2) is 4.79 Å². The lowest BCUT2D eigenvalue weighted by Gasteiger charge is -2.34. The quantitative estimate of drug-likeness (QED) is 0.272. The molecule has 0 saturated heterocycles. The van der Waals surface area contributed by atoms with Gasteiger partial charge in [-0.2, -0.15) is 0 Å². The van der Waals surface area contributed by atoms with E-state index in [1.807, 2.05) is 31.2 Å². The number of ether oxygens (including phenoxy) is 1. The number of carbonyl (C=O) groups excluding carboxylic acids is 2. The minimum absolute atomic E-state index is 0.0101. The summed E-state index contributed by atoms with van der Waals surface area (Å²) in [7, 11) is 2.09. The minimum Gasteiger partial charge on any atom is -0.488 e. The monoisotopic (exact) mass is 612 g/mol. The van der Waals surface area contributed by atoms with Gasteiger partial charge in [0.25, 0.3) is 0 Å². The van der Waals surface area contributed by atoms with E-state index in [-0.39, 0.29) is 49.1 Å². The molecule has 0 radical (unpaired) electrons. The Morgan fingerprint density at radius 3 is 2.44 bits per heavy atom. The van der Waals surface area contributed by atoms with Crippen LogP contribution in [0.2, 0.25) is 0 Å². The summed E-state index contributed by atoms with van der Waals surface area (Å²) in [4.78, 5) is 30.4. The molecule has 240 valence electrons. The molecule has 3 N–H and O–H groups in total. The van der Waals surface area contributed by atoms with Crippen LogP contribution >= 0.6 is 0 Å². The second-order valence-corrected chi connectivity index (χ2v) is 12.9. The number of urea groups is 1. The van der Waals surface area contributed by atoms with Crippen LogP contribution in [-0.4, -0.2) is 71.8 Å². The fourth-order valence-corrected chi connectivity index (χ4v) is 6.44. The number of benzene rings is 3. The van der Waals surface area contributed by atoms with E-state index in [2.05, 4.69) is 78.0 Å². The summed E-state index contributed by atoms with van der Waals surface area (Å²) in [5.74, 6) is 0.595. The third-order valence-corrected chi connectivity index (χ3v) is 9.12. The molecule has 1 aliphatic carbocycles. The number of aliphatic hydroxyl groups is 1. The molecule has 5 rings (SSSR count). The first-order valence-corrected chi connectivity index (χ1v) is 16.4. The second-order valence-electron chi connectivity index (χ2n) is 12.9. The van der Waals surface area contributed by atoms with Gasteiger partial charge >= 0.3 is 6.03 Å². The van der Waals surface area contributed by atoms with Gasteiger partial charge in [-0.3, -0.25) is 9.69 Å². The van der Waals surface area contributed by atoms with Gasteiger partial charge in [0.15, 0.2) is 0 Å². The van der Waals surface area contributed by atoms with Crippen molar-refractivity contribution in [3.8, 4) is 16.9 Å². The largest absolute Gasteiger partial charge is 0.488 e. The van der Waals surface area contributed by atoms with Crippen molar-refractivity contribution in [2.24, 2.45) is 5.92 Å². The van der Waals surface area contributed by atoms with Gasteiger partial charge in [0.05, 0.1) is 19.1 Å². The summed E-state index contributed by atoms with van der Waals surface area (Å²) < 4.78 is 6.69. The van der Waals surface area contributed by atoms with Gasteiger partial charge in [-0.15, -0.1) is 0 Å². The lowest BCUT2D eigenvalue weighted by Crippen LogP contribution is -2.47. The number of nitrogens with zero attached hydrogens (tertiary/aromatic N) is 2. The van der Waals surface area contributed by atoms with E-state index < -0.39 is 0 Å². The number of amides is 3. The van der Waals surface area contributed by atoms with Crippen molar-refractivity contribution in [3.63, 3.8) is 0 Å². The molecule has 2 aliphatic rings. The fraction of sp³-hybridized carbons (Fsp3) is 0.459. The lowest BCUT2D eigenvalue weighted by molar-refractivity contribution is -0.134. The number of aliphatic hydroxyl groups excluding tert-OH is 1. The van der Waals surface area contributed by atoms with Gasteiger partial charge in [-0.05, 0) is 61.7 Å². The molecule has 1 saturated carbocycles. The highest BCUT2D eigenvalue weighted by molar-refractivity contribution is 5.90. The zero-order chi connectivity index (χ0) is 31.8. The number of rotatable bonds is 9. The third-order valence-electron chi connectivity index (χ3n) is 9.12. The molecule has 3 atom stereocenters. The Morgan fingerprint density at radius 1 is 1.02 bits per heavy atom. The maximum atomic E-state index is 13.6. The van der Waals surface area contributed by atoms with Gasteiger partial charge < -0.3 is 25.4 Å². The Morgan fingerprint density at radius 2 is 1.73 bits per heavy atom. The molecule has 8 nitrogen and oxygen atoms in total. The molecule has 1 fully saturated rings. The van der Waals surface area contributed by atoms with Crippen molar-refractivity contribution >= 4 is 17.6 Å². The summed E-state index contributed by atoms with van der Waals surface area (Å²) in [6.07, 6.45) is 5.44.